The lowest BCUT2D eigenvalue weighted by atomic mass is 10.0. The molecule has 1 aliphatic carbocycles. The van der Waals surface area contributed by atoms with Gasteiger partial charge in [0, 0.05) is 17.4 Å². The van der Waals surface area contributed by atoms with E-state index in [1.165, 1.54) is 19.2 Å². The van der Waals surface area contributed by atoms with Gasteiger partial charge in [-0.3, -0.25) is 0 Å². The smallest absolute Gasteiger partial charge is 0.183 e. The van der Waals surface area contributed by atoms with Crippen molar-refractivity contribution >= 4 is 9.84 Å². The summed E-state index contributed by atoms with van der Waals surface area (Å²) in [7, 11) is -2.30. The second-order valence-corrected chi connectivity index (χ2v) is 6.37. The van der Waals surface area contributed by atoms with E-state index in [9.17, 15) is 12.8 Å². The van der Waals surface area contributed by atoms with Crippen LogP contribution in [0.15, 0.2) is 17.0 Å². The molecule has 0 aliphatic heterocycles. The van der Waals surface area contributed by atoms with Gasteiger partial charge in [-0.2, -0.15) is 0 Å². The number of hydrogen-bond acceptors (Lipinski definition) is 4. The zero-order chi connectivity index (χ0) is 12.8. The first-order valence-electron chi connectivity index (χ1n) is 5.15. The molecule has 2 N–H and O–H groups in total. The lowest BCUT2D eigenvalue weighted by Gasteiger charge is -2.16. The van der Waals surface area contributed by atoms with Crippen molar-refractivity contribution in [2.75, 3.05) is 13.4 Å². The van der Waals surface area contributed by atoms with Crippen molar-refractivity contribution in [2.24, 2.45) is 5.73 Å². The van der Waals surface area contributed by atoms with Gasteiger partial charge in [-0.25, -0.2) is 12.8 Å². The van der Waals surface area contributed by atoms with Gasteiger partial charge >= 0.3 is 0 Å². The summed E-state index contributed by atoms with van der Waals surface area (Å²) in [5.74, 6) is -0.919. The molecule has 2 rings (SSSR count). The minimum absolute atomic E-state index is 0.0621. The Kier molecular flexibility index (Phi) is 2.67. The first-order valence-corrected chi connectivity index (χ1v) is 7.04. The van der Waals surface area contributed by atoms with E-state index in [-0.39, 0.29) is 10.6 Å². The first kappa shape index (κ1) is 12.3. The van der Waals surface area contributed by atoms with Crippen molar-refractivity contribution in [1.29, 1.82) is 0 Å². The van der Waals surface area contributed by atoms with Crippen molar-refractivity contribution in [3.63, 3.8) is 0 Å². The normalized spacial score (nSPS) is 17.9. The maximum absolute atomic E-state index is 14.0. The molecule has 1 aromatic rings. The number of halogens is 1. The standard InChI is InChI=1S/C11H14FNO3S/c1-16-10-7(11(13)5-6-11)3-4-8(9(10)12)17(2,14)15/h3-4H,5-6,13H2,1-2H3. The third-order valence-electron chi connectivity index (χ3n) is 2.99. The second-order valence-electron chi connectivity index (χ2n) is 4.39. The molecule has 0 bridgehead atoms. The van der Waals surface area contributed by atoms with Gasteiger partial charge in [-0.1, -0.05) is 6.07 Å². The maximum Gasteiger partial charge on any atom is 0.183 e. The van der Waals surface area contributed by atoms with E-state index < -0.39 is 21.2 Å². The Hall–Kier alpha value is -1.14. The highest BCUT2D eigenvalue weighted by atomic mass is 32.2. The summed E-state index contributed by atoms with van der Waals surface area (Å²) in [6.45, 7) is 0. The fourth-order valence-corrected chi connectivity index (χ4v) is 2.55. The molecule has 4 nitrogen and oxygen atoms in total. The predicted octanol–water partition coefficient (Wildman–Crippen LogP) is 1.19. The summed E-state index contributed by atoms with van der Waals surface area (Å²) in [4.78, 5) is -0.359. The zero-order valence-electron chi connectivity index (χ0n) is 9.66. The lowest BCUT2D eigenvalue weighted by molar-refractivity contribution is 0.370. The Morgan fingerprint density at radius 1 is 1.41 bits per heavy atom. The number of sulfone groups is 1. The molecule has 6 heteroatoms. The highest BCUT2D eigenvalue weighted by Crippen LogP contribution is 2.47. The van der Waals surface area contributed by atoms with Crippen molar-refractivity contribution in [3.05, 3.63) is 23.5 Å². The van der Waals surface area contributed by atoms with Crippen LogP contribution in [-0.4, -0.2) is 21.8 Å². The van der Waals surface area contributed by atoms with Gasteiger partial charge < -0.3 is 10.5 Å². The Morgan fingerprint density at radius 3 is 2.41 bits per heavy atom. The van der Waals surface area contributed by atoms with Crippen LogP contribution in [0.4, 0.5) is 4.39 Å². The molecule has 0 heterocycles. The van der Waals surface area contributed by atoms with Crippen LogP contribution in [0, 0.1) is 5.82 Å². The molecule has 0 amide bonds. The summed E-state index contributed by atoms with van der Waals surface area (Å²) >= 11 is 0. The summed E-state index contributed by atoms with van der Waals surface area (Å²) in [6, 6.07) is 2.78. The topological polar surface area (TPSA) is 69.4 Å². The zero-order valence-corrected chi connectivity index (χ0v) is 10.5. The average molecular weight is 259 g/mol. The van der Waals surface area contributed by atoms with E-state index in [0.29, 0.717) is 5.56 Å². The highest BCUT2D eigenvalue weighted by molar-refractivity contribution is 7.90. The number of nitrogens with two attached hydrogens (primary N) is 1. The Bertz CT molecular complexity index is 564. The minimum atomic E-state index is -3.60. The summed E-state index contributed by atoms with van der Waals surface area (Å²) < 4.78 is 41.7. The fourth-order valence-electron chi connectivity index (χ4n) is 1.82. The van der Waals surface area contributed by atoms with Crippen molar-refractivity contribution < 1.29 is 17.5 Å². The number of ether oxygens (including phenoxy) is 1. The van der Waals surface area contributed by atoms with Gasteiger partial charge in [0.05, 0.1) is 7.11 Å². The molecule has 94 valence electrons. The minimum Gasteiger partial charge on any atom is -0.493 e. The highest BCUT2D eigenvalue weighted by Gasteiger charge is 2.43. The number of benzene rings is 1. The van der Waals surface area contributed by atoms with Crippen LogP contribution in [0.1, 0.15) is 18.4 Å². The largest absolute Gasteiger partial charge is 0.493 e. The van der Waals surface area contributed by atoms with Crippen LogP contribution in [0.3, 0.4) is 0 Å². The van der Waals surface area contributed by atoms with Gasteiger partial charge in [0.25, 0.3) is 0 Å². The average Bonchev–Trinajstić information content (AvgIpc) is 2.95. The number of rotatable bonds is 3. The third kappa shape index (κ3) is 2.02. The SMILES string of the molecule is COc1c(C2(N)CC2)ccc(S(C)(=O)=O)c1F. The summed E-state index contributed by atoms with van der Waals surface area (Å²) in [6.07, 6.45) is 2.46. The fraction of sp³-hybridized carbons (Fsp3) is 0.455. The number of hydrogen-bond donors (Lipinski definition) is 1. The molecule has 0 saturated heterocycles. The lowest BCUT2D eigenvalue weighted by Crippen LogP contribution is -2.20. The molecule has 0 aromatic heterocycles. The van der Waals surface area contributed by atoms with Crippen LogP contribution in [-0.2, 0) is 15.4 Å². The maximum atomic E-state index is 14.0. The molecule has 0 atom stereocenters. The van der Waals surface area contributed by atoms with E-state index in [1.54, 1.807) is 0 Å². The monoisotopic (exact) mass is 259 g/mol. The van der Waals surface area contributed by atoms with Crippen LogP contribution < -0.4 is 10.5 Å². The van der Waals surface area contributed by atoms with E-state index in [4.69, 9.17) is 10.5 Å². The van der Waals surface area contributed by atoms with Gasteiger partial charge in [-0.15, -0.1) is 0 Å². The summed E-state index contributed by atoms with van der Waals surface area (Å²) in [5, 5.41) is 0. The van der Waals surface area contributed by atoms with Gasteiger partial charge in [0.2, 0.25) is 0 Å². The molecule has 17 heavy (non-hydrogen) atoms. The molecule has 0 radical (unpaired) electrons. The van der Waals surface area contributed by atoms with E-state index in [0.717, 1.165) is 19.1 Å². The van der Waals surface area contributed by atoms with Gasteiger partial charge in [-0.05, 0) is 18.9 Å². The summed E-state index contributed by atoms with van der Waals surface area (Å²) in [5.41, 5.74) is 5.94. The molecule has 1 fully saturated rings. The van der Waals surface area contributed by atoms with Crippen molar-refractivity contribution in [2.45, 2.75) is 23.3 Å². The predicted molar refractivity (Wildman–Crippen MR) is 61.2 cm³/mol. The Balaban J connectivity index is 2.65. The van der Waals surface area contributed by atoms with E-state index in [2.05, 4.69) is 0 Å². The van der Waals surface area contributed by atoms with Crippen LogP contribution >= 0.6 is 0 Å². The van der Waals surface area contributed by atoms with Gasteiger partial charge in [0.15, 0.2) is 21.4 Å². The van der Waals surface area contributed by atoms with E-state index >= 15 is 0 Å². The van der Waals surface area contributed by atoms with Crippen LogP contribution in [0.5, 0.6) is 5.75 Å². The van der Waals surface area contributed by atoms with E-state index in [1.807, 2.05) is 0 Å². The van der Waals surface area contributed by atoms with Crippen LogP contribution in [0.2, 0.25) is 0 Å². The molecule has 0 spiro atoms. The van der Waals surface area contributed by atoms with Crippen LogP contribution in [0.25, 0.3) is 0 Å². The number of methoxy groups -OCH3 is 1. The molecule has 1 aliphatic rings. The molecular weight excluding hydrogens is 245 g/mol. The Morgan fingerprint density at radius 2 is 2.00 bits per heavy atom. The Labute approximate surface area is 99.5 Å². The van der Waals surface area contributed by atoms with Gasteiger partial charge in [0.1, 0.15) is 4.90 Å². The molecule has 1 aromatic carbocycles. The second kappa shape index (κ2) is 3.68. The molecule has 1 saturated carbocycles. The van der Waals surface area contributed by atoms with Crippen molar-refractivity contribution in [1.82, 2.24) is 0 Å². The quantitative estimate of drug-likeness (QED) is 0.885. The third-order valence-corrected chi connectivity index (χ3v) is 4.10. The first-order chi connectivity index (χ1) is 7.79. The molecular formula is C11H14FNO3S. The van der Waals surface area contributed by atoms with Crippen molar-refractivity contribution in [3.8, 4) is 5.75 Å². The molecule has 0 unspecified atom stereocenters.